The number of nitrogens with one attached hydrogen (secondary N) is 1. The van der Waals surface area contributed by atoms with E-state index >= 15 is 0 Å². The number of hydrogen-bond acceptors (Lipinski definition) is 3. The van der Waals surface area contributed by atoms with Crippen molar-refractivity contribution in [3.63, 3.8) is 0 Å². The Kier molecular flexibility index (Phi) is 3.58. The topological polar surface area (TPSA) is 53.6 Å². The summed E-state index contributed by atoms with van der Waals surface area (Å²) in [4.78, 5) is 4.40. The predicted molar refractivity (Wildman–Crippen MR) is 87.6 cm³/mol. The summed E-state index contributed by atoms with van der Waals surface area (Å²) in [6, 6.07) is 16.4. The smallest absolute Gasteiger partial charge is 0.184 e. The molecule has 0 aromatic heterocycles. The number of benzene rings is 2. The molecule has 0 unspecified atom stereocenters. The predicted octanol–water partition coefficient (Wildman–Crippen LogP) is 3.07. The molecule has 0 fully saturated rings. The Labute approximate surface area is 126 Å². The van der Waals surface area contributed by atoms with Crippen LogP contribution in [0.5, 0.6) is 0 Å². The van der Waals surface area contributed by atoms with Crippen LogP contribution in [-0.2, 0) is 0 Å². The minimum atomic E-state index is 0.147. The highest BCUT2D eigenvalue weighted by atomic mass is 32.2. The molecule has 100 valence electrons. The Balaban J connectivity index is 2.03. The van der Waals surface area contributed by atoms with Crippen molar-refractivity contribution >= 4 is 46.8 Å². The first-order valence-electron chi connectivity index (χ1n) is 5.99. The molecule has 2 aromatic carbocycles. The van der Waals surface area contributed by atoms with Crippen LogP contribution in [0, 0.1) is 0 Å². The number of fused-ring (bicyclic) bond motifs is 2. The molecule has 1 heterocycles. The molecule has 3 N–H and O–H groups in total. The van der Waals surface area contributed by atoms with Crippen molar-refractivity contribution in [3.8, 4) is 0 Å². The molecule has 1 aliphatic heterocycles. The maximum atomic E-state index is 5.38. The molecule has 6 heteroatoms. The van der Waals surface area contributed by atoms with E-state index in [9.17, 15) is 0 Å². The summed E-state index contributed by atoms with van der Waals surface area (Å²) in [5.41, 5.74) is 10.1. The summed E-state index contributed by atoms with van der Waals surface area (Å²) in [5, 5.41) is 4.22. The van der Waals surface area contributed by atoms with Gasteiger partial charge < -0.3 is 5.73 Å². The zero-order valence-corrected chi connectivity index (χ0v) is 12.1. The summed E-state index contributed by atoms with van der Waals surface area (Å²) in [6.07, 6.45) is 1.69. The molecule has 20 heavy (non-hydrogen) atoms. The van der Waals surface area contributed by atoms with Crippen LogP contribution in [0.15, 0.2) is 63.4 Å². The number of para-hydroxylation sites is 2. The maximum absolute atomic E-state index is 5.38. The number of nitrogens with two attached hydrogens (primary N) is 1. The van der Waals surface area contributed by atoms with Crippen LogP contribution < -0.4 is 16.1 Å². The van der Waals surface area contributed by atoms with Crippen molar-refractivity contribution in [3.05, 3.63) is 48.5 Å². The van der Waals surface area contributed by atoms with Gasteiger partial charge in [-0.25, -0.2) is 0 Å². The van der Waals surface area contributed by atoms with Crippen molar-refractivity contribution in [2.45, 2.75) is 9.79 Å². The molecular formula is C14H12N4S2. The number of rotatable bonds is 2. The zero-order chi connectivity index (χ0) is 13.9. The third kappa shape index (κ3) is 2.48. The monoisotopic (exact) mass is 300 g/mol. The van der Waals surface area contributed by atoms with Crippen molar-refractivity contribution in [2.24, 2.45) is 10.8 Å². The summed E-state index contributed by atoms with van der Waals surface area (Å²) in [6.45, 7) is 0. The van der Waals surface area contributed by atoms with Gasteiger partial charge in [-0.05, 0) is 36.5 Å². The lowest BCUT2D eigenvalue weighted by Gasteiger charge is -2.29. The van der Waals surface area contributed by atoms with E-state index in [0.29, 0.717) is 0 Å². The van der Waals surface area contributed by atoms with Gasteiger partial charge in [0.1, 0.15) is 6.34 Å². The number of hydrazone groups is 1. The van der Waals surface area contributed by atoms with Gasteiger partial charge in [-0.15, -0.1) is 0 Å². The largest absolute Gasteiger partial charge is 0.375 e. The Morgan fingerprint density at radius 2 is 1.65 bits per heavy atom. The van der Waals surface area contributed by atoms with Crippen LogP contribution in [0.4, 0.5) is 11.4 Å². The summed E-state index contributed by atoms with van der Waals surface area (Å²) < 4.78 is 0. The fourth-order valence-electron chi connectivity index (χ4n) is 2.01. The van der Waals surface area contributed by atoms with E-state index in [1.165, 1.54) is 9.79 Å². The van der Waals surface area contributed by atoms with Crippen molar-refractivity contribution in [1.82, 2.24) is 5.43 Å². The first kappa shape index (κ1) is 13.0. The third-order valence-corrected chi connectivity index (χ3v) is 4.04. The standard InChI is InChI=1S/C14H12N4S2/c15-14(19)17-16-9-18-10-5-1-3-7-12(10)20-13-8-4-2-6-11(13)18/h1-9H,(H3,15,17,19)/b16-9-. The fraction of sp³-hybridized carbons (Fsp3) is 0. The Morgan fingerprint density at radius 3 is 2.20 bits per heavy atom. The maximum Gasteiger partial charge on any atom is 0.184 e. The number of nitrogens with zero attached hydrogens (tertiary/aromatic N) is 2. The van der Waals surface area contributed by atoms with E-state index in [4.69, 9.17) is 18.0 Å². The van der Waals surface area contributed by atoms with E-state index in [2.05, 4.69) is 34.8 Å². The molecule has 2 aromatic rings. The third-order valence-electron chi connectivity index (χ3n) is 2.82. The van der Waals surface area contributed by atoms with Crippen LogP contribution in [0.2, 0.25) is 0 Å². The highest BCUT2D eigenvalue weighted by Gasteiger charge is 2.21. The van der Waals surface area contributed by atoms with Crippen LogP contribution >= 0.6 is 24.0 Å². The number of hydrogen-bond donors (Lipinski definition) is 2. The lowest BCUT2D eigenvalue weighted by atomic mass is 10.2. The SMILES string of the molecule is NC(=S)N/N=C\N1c2ccccc2Sc2ccccc21. The minimum absolute atomic E-state index is 0.147. The second-order valence-electron chi connectivity index (χ2n) is 4.13. The van der Waals surface area contributed by atoms with E-state index in [1.54, 1.807) is 18.1 Å². The van der Waals surface area contributed by atoms with Gasteiger partial charge in [-0.3, -0.25) is 10.3 Å². The zero-order valence-electron chi connectivity index (χ0n) is 10.5. The average Bonchev–Trinajstić information content (AvgIpc) is 2.46. The van der Waals surface area contributed by atoms with Crippen LogP contribution in [0.3, 0.4) is 0 Å². The molecule has 0 bridgehead atoms. The molecule has 0 radical (unpaired) electrons. The van der Waals surface area contributed by atoms with Crippen molar-refractivity contribution in [1.29, 1.82) is 0 Å². The van der Waals surface area contributed by atoms with Crippen molar-refractivity contribution < 1.29 is 0 Å². The van der Waals surface area contributed by atoms with E-state index < -0.39 is 0 Å². The van der Waals surface area contributed by atoms with Crippen LogP contribution in [0.1, 0.15) is 0 Å². The second kappa shape index (κ2) is 5.52. The van der Waals surface area contributed by atoms with Gasteiger partial charge in [-0.1, -0.05) is 36.0 Å². The molecule has 1 aliphatic rings. The van der Waals surface area contributed by atoms with Gasteiger partial charge >= 0.3 is 0 Å². The van der Waals surface area contributed by atoms with Gasteiger partial charge in [0.15, 0.2) is 5.11 Å². The van der Waals surface area contributed by atoms with E-state index in [0.717, 1.165) is 11.4 Å². The van der Waals surface area contributed by atoms with Crippen molar-refractivity contribution in [2.75, 3.05) is 4.90 Å². The lowest BCUT2D eigenvalue weighted by molar-refractivity contribution is 1.03. The highest BCUT2D eigenvalue weighted by molar-refractivity contribution is 7.99. The Morgan fingerprint density at radius 1 is 1.10 bits per heavy atom. The molecule has 0 saturated carbocycles. The van der Waals surface area contributed by atoms with Gasteiger partial charge in [0, 0.05) is 9.79 Å². The second-order valence-corrected chi connectivity index (χ2v) is 5.65. The quantitative estimate of drug-likeness (QED) is 0.386. The van der Waals surface area contributed by atoms with E-state index in [1.807, 2.05) is 29.2 Å². The molecule has 3 rings (SSSR count). The summed E-state index contributed by atoms with van der Waals surface area (Å²) in [7, 11) is 0. The average molecular weight is 300 g/mol. The summed E-state index contributed by atoms with van der Waals surface area (Å²) >= 11 is 6.50. The lowest BCUT2D eigenvalue weighted by Crippen LogP contribution is -2.27. The van der Waals surface area contributed by atoms with Crippen LogP contribution in [0.25, 0.3) is 0 Å². The molecule has 0 aliphatic carbocycles. The van der Waals surface area contributed by atoms with Gasteiger partial charge in [0.05, 0.1) is 11.4 Å². The minimum Gasteiger partial charge on any atom is -0.375 e. The molecular weight excluding hydrogens is 288 g/mol. The normalized spacial score (nSPS) is 12.9. The van der Waals surface area contributed by atoms with Gasteiger partial charge in [-0.2, -0.15) is 5.10 Å². The number of thiocarbonyl (C=S) groups is 1. The van der Waals surface area contributed by atoms with Crippen LogP contribution in [-0.4, -0.2) is 11.5 Å². The van der Waals surface area contributed by atoms with Gasteiger partial charge in [0.2, 0.25) is 0 Å². The van der Waals surface area contributed by atoms with Gasteiger partial charge in [0.25, 0.3) is 0 Å². The Hall–Kier alpha value is -2.05. The first-order chi connectivity index (χ1) is 9.75. The Bertz CT molecular complexity index is 639. The highest BCUT2D eigenvalue weighted by Crippen LogP contribution is 2.47. The first-order valence-corrected chi connectivity index (χ1v) is 7.22. The molecule has 0 spiro atoms. The molecule has 0 amide bonds. The molecule has 4 nitrogen and oxygen atoms in total. The number of anilines is 2. The molecule has 0 atom stereocenters. The fourth-order valence-corrected chi connectivity index (χ4v) is 3.13. The molecule has 0 saturated heterocycles. The van der Waals surface area contributed by atoms with E-state index in [-0.39, 0.29) is 5.11 Å². The summed E-state index contributed by atoms with van der Waals surface area (Å²) in [5.74, 6) is 0.